The van der Waals surface area contributed by atoms with E-state index in [2.05, 4.69) is 30.7 Å². The van der Waals surface area contributed by atoms with Gasteiger partial charge in [-0.1, -0.05) is 12.1 Å². The van der Waals surface area contributed by atoms with Crippen molar-refractivity contribution in [2.45, 2.75) is 32.4 Å². The van der Waals surface area contributed by atoms with E-state index in [4.69, 9.17) is 5.73 Å². The van der Waals surface area contributed by atoms with E-state index < -0.39 is 0 Å². The molecule has 1 heterocycles. The second-order valence-electron chi connectivity index (χ2n) is 4.96. The van der Waals surface area contributed by atoms with Crippen molar-refractivity contribution in [3.63, 3.8) is 0 Å². The van der Waals surface area contributed by atoms with Crippen molar-refractivity contribution in [2.75, 3.05) is 6.54 Å². The lowest BCUT2D eigenvalue weighted by Gasteiger charge is -2.39. The maximum Gasteiger partial charge on any atom is 0.192 e. The van der Waals surface area contributed by atoms with Crippen LogP contribution in [0.25, 0.3) is 0 Å². The van der Waals surface area contributed by atoms with Gasteiger partial charge in [-0.2, -0.15) is 0 Å². The molecule has 1 aromatic carbocycles. The third-order valence-corrected chi connectivity index (χ3v) is 3.31. The summed E-state index contributed by atoms with van der Waals surface area (Å²) in [4.78, 5) is 6.44. The van der Waals surface area contributed by atoms with Crippen LogP contribution in [-0.4, -0.2) is 28.6 Å². The average Bonchev–Trinajstić information content (AvgIpc) is 2.56. The molecule has 2 rings (SSSR count). The van der Waals surface area contributed by atoms with Gasteiger partial charge in [-0.05, 0) is 38.5 Å². The number of nitrogens with two attached hydrogens (primary N) is 1. The van der Waals surface area contributed by atoms with Gasteiger partial charge in [0.15, 0.2) is 5.96 Å². The molecule has 1 unspecified atom stereocenters. The summed E-state index contributed by atoms with van der Waals surface area (Å²) in [6.07, 6.45) is 0. The molecular formula is C13H19N3O. The minimum atomic E-state index is -0.267. The first kappa shape index (κ1) is 11.8. The Kier molecular flexibility index (Phi) is 2.73. The number of benzene rings is 1. The van der Waals surface area contributed by atoms with Crippen LogP contribution in [0.1, 0.15) is 26.3 Å². The largest absolute Gasteiger partial charge is 0.508 e. The van der Waals surface area contributed by atoms with E-state index in [-0.39, 0.29) is 17.3 Å². The second-order valence-corrected chi connectivity index (χ2v) is 4.96. The van der Waals surface area contributed by atoms with Gasteiger partial charge in [0, 0.05) is 6.04 Å². The molecule has 0 fully saturated rings. The molecule has 0 radical (unpaired) electrons. The normalized spacial score (nSPS) is 24.2. The van der Waals surface area contributed by atoms with Crippen LogP contribution in [0.5, 0.6) is 5.75 Å². The van der Waals surface area contributed by atoms with E-state index in [9.17, 15) is 5.11 Å². The SMILES string of the molecule is CC(C)N1C(N)=NCC1(C)c1cccc(O)c1. The van der Waals surface area contributed by atoms with Gasteiger partial charge in [0.1, 0.15) is 5.75 Å². The van der Waals surface area contributed by atoms with E-state index in [1.807, 2.05) is 12.1 Å². The molecule has 0 spiro atoms. The van der Waals surface area contributed by atoms with Gasteiger partial charge in [0.05, 0.1) is 12.1 Å². The summed E-state index contributed by atoms with van der Waals surface area (Å²) in [5.74, 6) is 0.851. The molecule has 92 valence electrons. The Morgan fingerprint density at radius 2 is 2.18 bits per heavy atom. The molecule has 0 aromatic heterocycles. The van der Waals surface area contributed by atoms with Crippen molar-refractivity contribution in [1.82, 2.24) is 4.90 Å². The van der Waals surface area contributed by atoms with Crippen LogP contribution in [0.4, 0.5) is 0 Å². The highest BCUT2D eigenvalue weighted by Crippen LogP contribution is 2.35. The molecule has 17 heavy (non-hydrogen) atoms. The van der Waals surface area contributed by atoms with Crippen LogP contribution in [0.3, 0.4) is 0 Å². The van der Waals surface area contributed by atoms with Gasteiger partial charge in [-0.15, -0.1) is 0 Å². The van der Waals surface area contributed by atoms with Crippen LogP contribution in [0.15, 0.2) is 29.3 Å². The zero-order valence-electron chi connectivity index (χ0n) is 10.5. The van der Waals surface area contributed by atoms with Gasteiger partial charge in [-0.25, -0.2) is 0 Å². The van der Waals surface area contributed by atoms with Crippen molar-refractivity contribution < 1.29 is 5.11 Å². The maximum absolute atomic E-state index is 9.59. The quantitative estimate of drug-likeness (QED) is 0.816. The number of guanidine groups is 1. The molecule has 1 aliphatic heterocycles. The standard InChI is InChI=1S/C13H19N3O/c1-9(2)16-12(14)15-8-13(16,3)10-5-4-6-11(17)7-10/h4-7,9,17H,8H2,1-3H3,(H2,14,15). The molecule has 1 aliphatic rings. The summed E-state index contributed by atoms with van der Waals surface area (Å²) in [5.41, 5.74) is 6.71. The van der Waals surface area contributed by atoms with E-state index in [0.717, 1.165) is 5.56 Å². The molecule has 1 aromatic rings. The highest BCUT2D eigenvalue weighted by molar-refractivity contribution is 5.81. The average molecular weight is 233 g/mol. The number of aromatic hydroxyl groups is 1. The summed E-state index contributed by atoms with van der Waals surface area (Å²) >= 11 is 0. The summed E-state index contributed by atoms with van der Waals surface area (Å²) in [5, 5.41) is 9.59. The fraction of sp³-hybridized carbons (Fsp3) is 0.462. The summed E-state index contributed by atoms with van der Waals surface area (Å²) in [7, 11) is 0. The van der Waals surface area contributed by atoms with Crippen LogP contribution in [-0.2, 0) is 5.54 Å². The highest BCUT2D eigenvalue weighted by Gasteiger charge is 2.40. The third-order valence-electron chi connectivity index (χ3n) is 3.31. The molecule has 1 atom stereocenters. The Labute approximate surface area is 102 Å². The Balaban J connectivity index is 2.43. The zero-order valence-corrected chi connectivity index (χ0v) is 10.5. The minimum absolute atomic E-state index is 0.267. The Bertz CT molecular complexity index is 456. The topological polar surface area (TPSA) is 61.8 Å². The molecule has 0 amide bonds. The number of rotatable bonds is 2. The van der Waals surface area contributed by atoms with E-state index in [0.29, 0.717) is 12.5 Å². The molecule has 3 N–H and O–H groups in total. The van der Waals surface area contributed by atoms with E-state index >= 15 is 0 Å². The van der Waals surface area contributed by atoms with Crippen LogP contribution < -0.4 is 5.73 Å². The van der Waals surface area contributed by atoms with Gasteiger partial charge >= 0.3 is 0 Å². The first-order chi connectivity index (χ1) is 7.95. The monoisotopic (exact) mass is 233 g/mol. The predicted octanol–water partition coefficient (Wildman–Crippen LogP) is 1.65. The van der Waals surface area contributed by atoms with Gasteiger partial charge in [-0.3, -0.25) is 4.99 Å². The minimum Gasteiger partial charge on any atom is -0.508 e. The summed E-state index contributed by atoms with van der Waals surface area (Å²) < 4.78 is 0. The van der Waals surface area contributed by atoms with E-state index in [1.165, 1.54) is 0 Å². The number of hydrogen-bond donors (Lipinski definition) is 2. The first-order valence-corrected chi connectivity index (χ1v) is 5.84. The maximum atomic E-state index is 9.59. The lowest BCUT2D eigenvalue weighted by atomic mass is 9.90. The molecule has 4 nitrogen and oxygen atoms in total. The fourth-order valence-electron chi connectivity index (χ4n) is 2.55. The van der Waals surface area contributed by atoms with Crippen molar-refractivity contribution in [1.29, 1.82) is 0 Å². The number of phenols is 1. The van der Waals surface area contributed by atoms with Gasteiger partial charge < -0.3 is 15.7 Å². The Morgan fingerprint density at radius 3 is 2.76 bits per heavy atom. The van der Waals surface area contributed by atoms with Crippen LogP contribution >= 0.6 is 0 Å². The van der Waals surface area contributed by atoms with Gasteiger partial charge in [0.25, 0.3) is 0 Å². The van der Waals surface area contributed by atoms with Gasteiger partial charge in [0.2, 0.25) is 0 Å². The van der Waals surface area contributed by atoms with Crippen LogP contribution in [0.2, 0.25) is 0 Å². The molecule has 0 saturated carbocycles. The second kappa shape index (κ2) is 3.95. The number of phenolic OH excluding ortho intramolecular Hbond substituents is 1. The molecule has 0 aliphatic carbocycles. The van der Waals surface area contributed by atoms with E-state index in [1.54, 1.807) is 12.1 Å². The number of nitrogens with zero attached hydrogens (tertiary/aromatic N) is 2. The Morgan fingerprint density at radius 1 is 1.47 bits per heavy atom. The summed E-state index contributed by atoms with van der Waals surface area (Å²) in [6.45, 7) is 6.91. The molecule has 0 saturated heterocycles. The lowest BCUT2D eigenvalue weighted by Crippen LogP contribution is -2.50. The zero-order chi connectivity index (χ0) is 12.6. The molecule has 0 bridgehead atoms. The number of hydrogen-bond acceptors (Lipinski definition) is 4. The predicted molar refractivity (Wildman–Crippen MR) is 68.9 cm³/mol. The van der Waals surface area contributed by atoms with Crippen molar-refractivity contribution in [3.05, 3.63) is 29.8 Å². The van der Waals surface area contributed by atoms with Crippen molar-refractivity contribution in [2.24, 2.45) is 10.7 Å². The third kappa shape index (κ3) is 1.84. The van der Waals surface area contributed by atoms with Crippen LogP contribution in [0, 0.1) is 0 Å². The number of aliphatic imine (C=N–C) groups is 1. The highest BCUT2D eigenvalue weighted by atomic mass is 16.3. The molecule has 4 heteroatoms. The lowest BCUT2D eigenvalue weighted by molar-refractivity contribution is 0.184. The first-order valence-electron chi connectivity index (χ1n) is 5.84. The smallest absolute Gasteiger partial charge is 0.192 e. The van der Waals surface area contributed by atoms with Crippen molar-refractivity contribution in [3.8, 4) is 5.75 Å². The molecular weight excluding hydrogens is 214 g/mol. The Hall–Kier alpha value is -1.71. The summed E-state index contributed by atoms with van der Waals surface area (Å²) in [6, 6.07) is 7.58. The van der Waals surface area contributed by atoms with Crippen molar-refractivity contribution >= 4 is 5.96 Å². The fourth-order valence-corrected chi connectivity index (χ4v) is 2.55.